The first-order valence-electron chi connectivity index (χ1n) is 11.3. The Bertz CT molecular complexity index is 1100. The van der Waals surface area contributed by atoms with E-state index in [0.29, 0.717) is 6.42 Å². The van der Waals surface area contributed by atoms with Crippen LogP contribution < -0.4 is 4.74 Å². The lowest BCUT2D eigenvalue weighted by molar-refractivity contribution is -0.137. The molecule has 0 aliphatic carbocycles. The molecular formula is C27H30O3. The van der Waals surface area contributed by atoms with Crippen molar-refractivity contribution >= 4 is 38.3 Å². The van der Waals surface area contributed by atoms with E-state index >= 15 is 0 Å². The highest BCUT2D eigenvalue weighted by Gasteiger charge is 2.11. The number of ether oxygens (including phenoxy) is 1. The molecule has 0 spiro atoms. The van der Waals surface area contributed by atoms with Crippen LogP contribution in [0.15, 0.2) is 54.6 Å². The van der Waals surface area contributed by atoms with Crippen molar-refractivity contribution < 1.29 is 14.6 Å². The van der Waals surface area contributed by atoms with Crippen LogP contribution in [0.3, 0.4) is 0 Å². The molecule has 0 aromatic heterocycles. The van der Waals surface area contributed by atoms with Crippen molar-refractivity contribution in [2.75, 3.05) is 6.61 Å². The molecular weight excluding hydrogens is 372 g/mol. The van der Waals surface area contributed by atoms with Crippen molar-refractivity contribution in [3.63, 3.8) is 0 Å². The maximum Gasteiger partial charge on any atom is 0.303 e. The molecule has 0 radical (unpaired) electrons. The molecule has 0 amide bonds. The number of carbonyl (C=O) groups is 1. The Kier molecular flexibility index (Phi) is 6.68. The number of rotatable bonds is 12. The third-order valence-corrected chi connectivity index (χ3v) is 6.03. The highest BCUT2D eigenvalue weighted by Crippen LogP contribution is 2.38. The molecule has 0 saturated carbocycles. The summed E-state index contributed by atoms with van der Waals surface area (Å²) < 4.78 is 6.19. The normalized spacial score (nSPS) is 11.6. The van der Waals surface area contributed by atoms with Gasteiger partial charge in [-0.2, -0.15) is 0 Å². The van der Waals surface area contributed by atoms with Crippen LogP contribution in [-0.2, 0) is 4.79 Å². The molecule has 3 heteroatoms. The molecule has 0 fully saturated rings. The van der Waals surface area contributed by atoms with Crippen LogP contribution in [0.1, 0.15) is 57.8 Å². The molecule has 156 valence electrons. The van der Waals surface area contributed by atoms with E-state index in [4.69, 9.17) is 9.84 Å². The molecule has 0 heterocycles. The zero-order valence-electron chi connectivity index (χ0n) is 17.5. The number of aliphatic carboxylic acids is 1. The van der Waals surface area contributed by atoms with E-state index in [1.54, 1.807) is 0 Å². The van der Waals surface area contributed by atoms with Crippen molar-refractivity contribution in [3.05, 3.63) is 54.6 Å². The van der Waals surface area contributed by atoms with E-state index in [1.165, 1.54) is 58.0 Å². The van der Waals surface area contributed by atoms with E-state index in [-0.39, 0.29) is 0 Å². The molecule has 0 aliphatic heterocycles. The van der Waals surface area contributed by atoms with Gasteiger partial charge in [0.25, 0.3) is 0 Å². The number of hydrogen-bond acceptors (Lipinski definition) is 2. The maximum atomic E-state index is 10.5. The highest BCUT2D eigenvalue weighted by atomic mass is 16.5. The molecule has 4 aromatic rings. The Hall–Kier alpha value is -2.81. The van der Waals surface area contributed by atoms with Gasteiger partial charge in [-0.05, 0) is 46.5 Å². The van der Waals surface area contributed by atoms with Crippen molar-refractivity contribution in [1.29, 1.82) is 0 Å². The van der Waals surface area contributed by atoms with Crippen LogP contribution in [0.25, 0.3) is 32.3 Å². The summed E-state index contributed by atoms with van der Waals surface area (Å²) in [5.74, 6) is 0.305. The molecule has 0 saturated heterocycles. The van der Waals surface area contributed by atoms with Gasteiger partial charge in [0.2, 0.25) is 0 Å². The molecule has 3 nitrogen and oxygen atoms in total. The van der Waals surface area contributed by atoms with Gasteiger partial charge >= 0.3 is 5.97 Å². The highest BCUT2D eigenvalue weighted by molar-refractivity contribution is 6.24. The van der Waals surface area contributed by atoms with E-state index in [2.05, 4.69) is 54.6 Å². The lowest BCUT2D eigenvalue weighted by atomic mass is 9.94. The summed E-state index contributed by atoms with van der Waals surface area (Å²) >= 11 is 0. The van der Waals surface area contributed by atoms with Crippen molar-refractivity contribution in [3.8, 4) is 5.75 Å². The lowest BCUT2D eigenvalue weighted by Gasteiger charge is -2.14. The average molecular weight is 403 g/mol. The molecule has 30 heavy (non-hydrogen) atoms. The van der Waals surface area contributed by atoms with Gasteiger partial charge in [0, 0.05) is 17.2 Å². The summed E-state index contributed by atoms with van der Waals surface area (Å²) in [7, 11) is 0. The van der Waals surface area contributed by atoms with E-state index in [9.17, 15) is 4.79 Å². The first-order chi connectivity index (χ1) is 14.7. The van der Waals surface area contributed by atoms with E-state index in [0.717, 1.165) is 38.0 Å². The molecule has 4 aromatic carbocycles. The van der Waals surface area contributed by atoms with Crippen LogP contribution in [0, 0.1) is 0 Å². The Balaban J connectivity index is 1.26. The van der Waals surface area contributed by atoms with Crippen molar-refractivity contribution in [2.45, 2.75) is 57.8 Å². The summed E-state index contributed by atoms with van der Waals surface area (Å²) in [6.45, 7) is 0.753. The van der Waals surface area contributed by atoms with Gasteiger partial charge in [0.05, 0.1) is 6.61 Å². The van der Waals surface area contributed by atoms with E-state index < -0.39 is 5.97 Å². The Labute approximate surface area is 178 Å². The van der Waals surface area contributed by atoms with Crippen LogP contribution in [-0.4, -0.2) is 17.7 Å². The van der Waals surface area contributed by atoms with E-state index in [1.807, 2.05) is 0 Å². The zero-order chi connectivity index (χ0) is 20.8. The number of hydrogen-bond donors (Lipinski definition) is 1. The molecule has 0 unspecified atom stereocenters. The minimum Gasteiger partial charge on any atom is -0.493 e. The van der Waals surface area contributed by atoms with Gasteiger partial charge < -0.3 is 9.84 Å². The fourth-order valence-corrected chi connectivity index (χ4v) is 4.46. The number of unbranched alkanes of at least 4 members (excludes halogenated alkanes) is 7. The number of carboxylic acid groups (broad SMARTS) is 1. The van der Waals surface area contributed by atoms with Crippen LogP contribution in [0.2, 0.25) is 0 Å². The topological polar surface area (TPSA) is 46.5 Å². The summed E-state index contributed by atoms with van der Waals surface area (Å²) in [4.78, 5) is 10.5. The minimum atomic E-state index is -0.681. The van der Waals surface area contributed by atoms with Gasteiger partial charge in [-0.1, -0.05) is 81.0 Å². The third kappa shape index (κ3) is 4.67. The number of carboxylic acids is 1. The standard InChI is InChI=1S/C27H30O3/c28-25(29)12-7-5-3-1-2-4-6-8-19-30-24-18-16-22-14-13-20-10-9-11-21-15-17-23(24)27(22)26(20)21/h9-11,13-18H,1-8,12,19H2,(H,28,29). The second kappa shape index (κ2) is 9.80. The molecule has 1 N–H and O–H groups in total. The summed E-state index contributed by atoms with van der Waals surface area (Å²) in [6.07, 6.45) is 9.20. The summed E-state index contributed by atoms with van der Waals surface area (Å²) in [5, 5.41) is 16.3. The van der Waals surface area contributed by atoms with Crippen LogP contribution in [0.4, 0.5) is 0 Å². The van der Waals surface area contributed by atoms with Gasteiger partial charge in [-0.3, -0.25) is 4.79 Å². The zero-order valence-corrected chi connectivity index (χ0v) is 17.5. The Morgan fingerprint density at radius 3 is 1.93 bits per heavy atom. The van der Waals surface area contributed by atoms with Gasteiger partial charge in [0.15, 0.2) is 0 Å². The second-order valence-corrected chi connectivity index (χ2v) is 8.24. The van der Waals surface area contributed by atoms with Crippen molar-refractivity contribution in [2.24, 2.45) is 0 Å². The Morgan fingerprint density at radius 1 is 0.667 bits per heavy atom. The maximum absolute atomic E-state index is 10.5. The van der Waals surface area contributed by atoms with Crippen LogP contribution in [0.5, 0.6) is 5.75 Å². The van der Waals surface area contributed by atoms with Gasteiger partial charge in [0.1, 0.15) is 5.75 Å². The SMILES string of the molecule is O=C(O)CCCCCCCCCCOc1ccc2ccc3cccc4ccc1c2c34. The van der Waals surface area contributed by atoms with Gasteiger partial charge in [-0.25, -0.2) is 0 Å². The van der Waals surface area contributed by atoms with Crippen molar-refractivity contribution in [1.82, 2.24) is 0 Å². The molecule has 0 atom stereocenters. The third-order valence-electron chi connectivity index (χ3n) is 6.03. The molecule has 4 rings (SSSR count). The quantitative estimate of drug-likeness (QED) is 0.196. The summed E-state index contributed by atoms with van der Waals surface area (Å²) in [6, 6.07) is 19.6. The smallest absolute Gasteiger partial charge is 0.303 e. The lowest BCUT2D eigenvalue weighted by Crippen LogP contribution is -1.98. The summed E-state index contributed by atoms with van der Waals surface area (Å²) in [5.41, 5.74) is 0. The van der Waals surface area contributed by atoms with Gasteiger partial charge in [-0.15, -0.1) is 0 Å². The molecule has 0 bridgehead atoms. The number of benzene rings is 4. The monoisotopic (exact) mass is 402 g/mol. The predicted molar refractivity (Wildman–Crippen MR) is 125 cm³/mol. The fraction of sp³-hybridized carbons (Fsp3) is 0.370. The first-order valence-corrected chi connectivity index (χ1v) is 11.3. The Morgan fingerprint density at radius 2 is 1.23 bits per heavy atom. The second-order valence-electron chi connectivity index (χ2n) is 8.24. The predicted octanol–water partition coefficient (Wildman–Crippen LogP) is 7.56. The molecule has 0 aliphatic rings. The fourth-order valence-electron chi connectivity index (χ4n) is 4.46. The van der Waals surface area contributed by atoms with Crippen LogP contribution >= 0.6 is 0 Å². The largest absolute Gasteiger partial charge is 0.493 e. The first kappa shape index (κ1) is 20.5. The average Bonchev–Trinajstić information content (AvgIpc) is 2.76. The minimum absolute atomic E-state index is 0.306.